The van der Waals surface area contributed by atoms with Crippen LogP contribution in [0.15, 0.2) is 146 Å². The Balaban J connectivity index is 1.37. The fourth-order valence-corrected chi connectivity index (χ4v) is 8.98. The van der Waals surface area contributed by atoms with Crippen LogP contribution in [0.2, 0.25) is 0 Å². The first kappa shape index (κ1) is 23.2. The van der Waals surface area contributed by atoms with E-state index in [-0.39, 0.29) is 0 Å². The molecule has 0 fully saturated rings. The molecule has 3 aromatic heterocycles. The van der Waals surface area contributed by atoms with Gasteiger partial charge in [-0.2, -0.15) is 18.6 Å². The van der Waals surface area contributed by atoms with Crippen LogP contribution in [0, 0.1) is 0 Å². The van der Waals surface area contributed by atoms with Crippen molar-refractivity contribution in [2.75, 3.05) is 4.90 Å². The Hall–Kier alpha value is -6.20. The molecule has 212 valence electrons. The molecule has 0 N–H and O–H groups in total. The molecule has 1 atom stereocenters. The molecule has 5 aromatic carbocycles. The SMILES string of the molecule is c1ccc2c(c1)-c1ccccc1N1c3cccc4c3C3(c5c(ccc6c7ccccc7n(c56)-c5cccc[n+]53)O4)[n+]3cccc-2c31. The number of para-hydroxylation sites is 2. The molecule has 1 spiro atoms. The van der Waals surface area contributed by atoms with Gasteiger partial charge in [-0.1, -0.05) is 66.7 Å². The molecule has 5 nitrogen and oxygen atoms in total. The highest BCUT2D eigenvalue weighted by Crippen LogP contribution is 2.60. The zero-order valence-corrected chi connectivity index (χ0v) is 24.6. The van der Waals surface area contributed by atoms with Crippen molar-refractivity contribution < 1.29 is 13.9 Å². The van der Waals surface area contributed by atoms with Gasteiger partial charge >= 0.3 is 5.66 Å². The van der Waals surface area contributed by atoms with Crippen molar-refractivity contribution in [1.82, 2.24) is 4.57 Å². The topological polar surface area (TPSA) is 25.2 Å². The van der Waals surface area contributed by atoms with E-state index in [0.717, 1.165) is 45.6 Å². The van der Waals surface area contributed by atoms with Crippen LogP contribution in [-0.4, -0.2) is 4.57 Å². The van der Waals surface area contributed by atoms with Crippen molar-refractivity contribution in [2.45, 2.75) is 5.66 Å². The Morgan fingerprint density at radius 3 is 2.15 bits per heavy atom. The van der Waals surface area contributed by atoms with Crippen LogP contribution in [-0.2, 0) is 5.66 Å². The third kappa shape index (κ3) is 2.38. The van der Waals surface area contributed by atoms with Gasteiger partial charge in [-0.05, 0) is 71.8 Å². The van der Waals surface area contributed by atoms with Gasteiger partial charge in [0.25, 0.3) is 11.6 Å². The molecule has 0 radical (unpaired) electrons. The minimum absolute atomic E-state index is 0.754. The third-order valence-corrected chi connectivity index (χ3v) is 10.6. The maximum atomic E-state index is 6.97. The molecule has 4 aliphatic heterocycles. The molecular formula is C41H24N4O+2. The smallest absolute Gasteiger partial charge is 0.321 e. The summed E-state index contributed by atoms with van der Waals surface area (Å²) in [4.78, 5) is 2.47. The molecule has 5 heteroatoms. The molecular weight excluding hydrogens is 564 g/mol. The Bertz CT molecular complexity index is 2710. The van der Waals surface area contributed by atoms with Gasteiger partial charge in [0.2, 0.25) is 0 Å². The van der Waals surface area contributed by atoms with Crippen molar-refractivity contribution in [3.63, 3.8) is 0 Å². The number of nitrogens with zero attached hydrogens (tertiary/aromatic N) is 4. The van der Waals surface area contributed by atoms with Crippen LogP contribution in [0.25, 0.3) is 49.9 Å². The summed E-state index contributed by atoms with van der Waals surface area (Å²) in [7, 11) is 0. The first-order valence-electron chi connectivity index (χ1n) is 15.8. The lowest BCUT2D eigenvalue weighted by atomic mass is 9.80. The van der Waals surface area contributed by atoms with Gasteiger partial charge in [0.1, 0.15) is 39.5 Å². The van der Waals surface area contributed by atoms with Crippen LogP contribution >= 0.6 is 0 Å². The fourth-order valence-electron chi connectivity index (χ4n) is 8.98. The minimum Gasteiger partial charge on any atom is -0.456 e. The van der Waals surface area contributed by atoms with Gasteiger partial charge in [-0.25, -0.2) is 0 Å². The Kier molecular flexibility index (Phi) is 3.89. The standard InChI is InChI=1S/C41H24N4O/c1-2-12-26-25(11-1)27-13-3-5-16-31(27)44-33-18-9-19-34-37(33)41(43-24-10-15-30(26)40(43)44)38-35(46-34)22-21-29-28-14-4-6-17-32(28)45(39(29)38)36-20-7-8-23-42(36)41/h1-24H/q+2. The third-order valence-electron chi connectivity index (χ3n) is 10.6. The highest BCUT2D eigenvalue weighted by atomic mass is 16.5. The van der Waals surface area contributed by atoms with Crippen molar-refractivity contribution in [2.24, 2.45) is 0 Å². The van der Waals surface area contributed by atoms with Crippen molar-refractivity contribution in [3.8, 4) is 39.6 Å². The number of hydrogen-bond acceptors (Lipinski definition) is 2. The van der Waals surface area contributed by atoms with Crippen molar-refractivity contribution in [1.29, 1.82) is 0 Å². The molecule has 4 aliphatic rings. The van der Waals surface area contributed by atoms with E-state index in [2.05, 4.69) is 164 Å². The molecule has 0 saturated carbocycles. The predicted molar refractivity (Wildman–Crippen MR) is 178 cm³/mol. The van der Waals surface area contributed by atoms with Gasteiger partial charge in [0.15, 0.2) is 5.52 Å². The number of aromatic nitrogens is 3. The molecule has 8 aromatic rings. The van der Waals surface area contributed by atoms with E-state index >= 15 is 0 Å². The Morgan fingerprint density at radius 1 is 0.500 bits per heavy atom. The number of fused-ring (bicyclic) bond motifs is 11. The molecule has 0 aliphatic carbocycles. The summed E-state index contributed by atoms with van der Waals surface area (Å²) in [5.74, 6) is 4.02. The highest BCUT2D eigenvalue weighted by molar-refractivity contribution is 6.12. The number of benzene rings is 5. The lowest BCUT2D eigenvalue weighted by Crippen LogP contribution is -2.79. The minimum atomic E-state index is -0.754. The summed E-state index contributed by atoms with van der Waals surface area (Å²) in [5.41, 5.74) is 11.1. The van der Waals surface area contributed by atoms with E-state index < -0.39 is 5.66 Å². The van der Waals surface area contributed by atoms with Gasteiger partial charge in [-0.3, -0.25) is 0 Å². The number of ether oxygens (including phenoxy) is 1. The monoisotopic (exact) mass is 588 g/mol. The summed E-state index contributed by atoms with van der Waals surface area (Å²) in [6.45, 7) is 0. The molecule has 0 bridgehead atoms. The summed E-state index contributed by atoms with van der Waals surface area (Å²) < 4.78 is 14.4. The van der Waals surface area contributed by atoms with Crippen molar-refractivity contribution >= 4 is 39.0 Å². The largest absolute Gasteiger partial charge is 0.456 e. The quantitative estimate of drug-likeness (QED) is 0.166. The van der Waals surface area contributed by atoms with Crippen LogP contribution < -0.4 is 18.8 Å². The van der Waals surface area contributed by atoms with Gasteiger partial charge in [-0.15, -0.1) is 0 Å². The number of hydrogen-bond donors (Lipinski definition) is 0. The lowest BCUT2D eigenvalue weighted by molar-refractivity contribution is -0.965. The summed E-state index contributed by atoms with van der Waals surface area (Å²) >= 11 is 0. The molecule has 1 unspecified atom stereocenters. The van der Waals surface area contributed by atoms with Gasteiger partial charge in [0, 0.05) is 22.4 Å². The van der Waals surface area contributed by atoms with Crippen LogP contribution in [0.4, 0.5) is 17.2 Å². The molecule has 0 amide bonds. The van der Waals surface area contributed by atoms with E-state index in [1.54, 1.807) is 0 Å². The van der Waals surface area contributed by atoms with Gasteiger partial charge < -0.3 is 4.74 Å². The molecule has 0 saturated heterocycles. The predicted octanol–water partition coefficient (Wildman–Crippen LogP) is 8.51. The van der Waals surface area contributed by atoms with Crippen LogP contribution in [0.5, 0.6) is 11.5 Å². The lowest BCUT2D eigenvalue weighted by Gasteiger charge is -2.43. The highest BCUT2D eigenvalue weighted by Gasteiger charge is 2.65. The molecule has 7 heterocycles. The number of rotatable bonds is 0. The zero-order valence-electron chi connectivity index (χ0n) is 24.6. The second-order valence-corrected chi connectivity index (χ2v) is 12.6. The number of pyridine rings is 2. The molecule has 46 heavy (non-hydrogen) atoms. The van der Waals surface area contributed by atoms with E-state index in [1.807, 2.05) is 0 Å². The second-order valence-electron chi connectivity index (χ2n) is 12.6. The second kappa shape index (κ2) is 7.71. The summed E-state index contributed by atoms with van der Waals surface area (Å²) in [6.07, 6.45) is 4.53. The zero-order chi connectivity index (χ0) is 29.7. The first-order valence-corrected chi connectivity index (χ1v) is 15.8. The van der Waals surface area contributed by atoms with Crippen LogP contribution in [0.1, 0.15) is 11.1 Å². The average molecular weight is 589 g/mol. The van der Waals surface area contributed by atoms with E-state index in [1.165, 1.54) is 44.1 Å². The maximum absolute atomic E-state index is 6.97. The Labute approximate surface area is 264 Å². The van der Waals surface area contributed by atoms with E-state index in [4.69, 9.17) is 4.74 Å². The van der Waals surface area contributed by atoms with E-state index in [9.17, 15) is 0 Å². The summed E-state index contributed by atoms with van der Waals surface area (Å²) in [6, 6.07) is 48.4. The number of anilines is 3. The van der Waals surface area contributed by atoms with Crippen molar-refractivity contribution in [3.05, 3.63) is 157 Å². The van der Waals surface area contributed by atoms with E-state index in [0.29, 0.717) is 0 Å². The maximum Gasteiger partial charge on any atom is 0.321 e. The average Bonchev–Trinajstić information content (AvgIpc) is 3.39. The van der Waals surface area contributed by atoms with Gasteiger partial charge in [0.05, 0.1) is 18.0 Å². The normalized spacial score (nSPS) is 16.9. The molecule has 12 rings (SSSR count). The Morgan fingerprint density at radius 2 is 1.22 bits per heavy atom. The summed E-state index contributed by atoms with van der Waals surface area (Å²) in [5, 5.41) is 2.47. The van der Waals surface area contributed by atoms with Crippen LogP contribution in [0.3, 0.4) is 0 Å². The fraction of sp³-hybridized carbons (Fsp3) is 0.0244. The first-order chi connectivity index (χ1) is 22.9.